The number of amides is 1. The van der Waals surface area contributed by atoms with Crippen molar-refractivity contribution in [2.75, 3.05) is 5.32 Å². The van der Waals surface area contributed by atoms with Crippen molar-refractivity contribution < 1.29 is 4.79 Å². The number of nitrogens with one attached hydrogen (secondary N) is 1. The molecule has 2 heterocycles. The molecule has 0 radical (unpaired) electrons. The number of carbonyl (C=O) groups excluding carboxylic acids is 1. The van der Waals surface area contributed by atoms with E-state index >= 15 is 0 Å². The van der Waals surface area contributed by atoms with Crippen molar-refractivity contribution in [1.29, 1.82) is 0 Å². The fraction of sp³-hybridized carbons (Fsp3) is 0.208. The van der Waals surface area contributed by atoms with Crippen LogP contribution in [0.4, 0.5) is 5.69 Å². The van der Waals surface area contributed by atoms with Gasteiger partial charge in [-0.3, -0.25) is 9.48 Å². The zero-order valence-corrected chi connectivity index (χ0v) is 17.4. The summed E-state index contributed by atoms with van der Waals surface area (Å²) in [5.74, 6) is -0.0194. The SMILES string of the molecule is Cc1ccc(-n2ncc(C(=O)Nc3cccc(Cn4cccn4)c3)c2C(C)C)cc1. The van der Waals surface area contributed by atoms with Crippen molar-refractivity contribution in [3.05, 3.63) is 95.6 Å². The molecule has 0 atom stereocenters. The zero-order valence-electron chi connectivity index (χ0n) is 17.4. The molecule has 6 nitrogen and oxygen atoms in total. The summed E-state index contributed by atoms with van der Waals surface area (Å²) in [5.41, 5.74) is 5.43. The monoisotopic (exact) mass is 399 g/mol. The van der Waals surface area contributed by atoms with Crippen molar-refractivity contribution >= 4 is 11.6 Å². The number of hydrogen-bond donors (Lipinski definition) is 1. The molecule has 0 bridgehead atoms. The van der Waals surface area contributed by atoms with Crippen LogP contribution < -0.4 is 5.32 Å². The Morgan fingerprint density at radius 2 is 1.87 bits per heavy atom. The Labute approximate surface area is 176 Å². The molecule has 0 unspecified atom stereocenters. The molecule has 0 saturated carbocycles. The molecule has 0 aliphatic heterocycles. The van der Waals surface area contributed by atoms with Gasteiger partial charge < -0.3 is 5.32 Å². The molecule has 152 valence electrons. The second-order valence-electron chi connectivity index (χ2n) is 7.70. The molecule has 2 aromatic heterocycles. The molecule has 2 aromatic carbocycles. The molecule has 4 aromatic rings. The fourth-order valence-electron chi connectivity index (χ4n) is 3.51. The van der Waals surface area contributed by atoms with Gasteiger partial charge in [-0.25, -0.2) is 4.68 Å². The van der Waals surface area contributed by atoms with E-state index in [1.54, 1.807) is 12.4 Å². The van der Waals surface area contributed by atoms with Crippen LogP contribution in [0.2, 0.25) is 0 Å². The van der Waals surface area contributed by atoms with Crippen LogP contribution in [0.1, 0.15) is 46.9 Å². The van der Waals surface area contributed by atoms with Gasteiger partial charge in [0.15, 0.2) is 0 Å². The lowest BCUT2D eigenvalue weighted by molar-refractivity contribution is 0.102. The second-order valence-corrected chi connectivity index (χ2v) is 7.70. The molecule has 30 heavy (non-hydrogen) atoms. The Hall–Kier alpha value is -3.67. The van der Waals surface area contributed by atoms with E-state index in [-0.39, 0.29) is 11.8 Å². The largest absolute Gasteiger partial charge is 0.322 e. The number of aromatic nitrogens is 4. The summed E-state index contributed by atoms with van der Waals surface area (Å²) >= 11 is 0. The number of nitrogens with zero attached hydrogens (tertiary/aromatic N) is 4. The van der Waals surface area contributed by atoms with Gasteiger partial charge in [0.25, 0.3) is 5.91 Å². The highest BCUT2D eigenvalue weighted by molar-refractivity contribution is 6.05. The molecule has 1 amide bonds. The lowest BCUT2D eigenvalue weighted by atomic mass is 10.0. The Balaban J connectivity index is 1.59. The predicted octanol–water partition coefficient (Wildman–Crippen LogP) is 4.80. The van der Waals surface area contributed by atoms with Crippen LogP contribution in [0.25, 0.3) is 5.69 Å². The number of carbonyl (C=O) groups is 1. The van der Waals surface area contributed by atoms with E-state index in [0.29, 0.717) is 12.1 Å². The normalized spacial score (nSPS) is 11.1. The van der Waals surface area contributed by atoms with Crippen LogP contribution in [0.15, 0.2) is 73.2 Å². The zero-order chi connectivity index (χ0) is 21.1. The first-order valence-corrected chi connectivity index (χ1v) is 10.0. The molecule has 0 aliphatic rings. The van der Waals surface area contributed by atoms with E-state index in [1.165, 1.54) is 5.56 Å². The van der Waals surface area contributed by atoms with Crippen LogP contribution in [-0.2, 0) is 6.54 Å². The first-order valence-electron chi connectivity index (χ1n) is 10.0. The maximum absolute atomic E-state index is 13.1. The van der Waals surface area contributed by atoms with E-state index in [9.17, 15) is 4.79 Å². The molecular formula is C24H25N5O. The lowest BCUT2D eigenvalue weighted by Gasteiger charge is -2.13. The lowest BCUT2D eigenvalue weighted by Crippen LogP contribution is -2.15. The number of hydrogen-bond acceptors (Lipinski definition) is 3. The molecular weight excluding hydrogens is 374 g/mol. The summed E-state index contributed by atoms with van der Waals surface area (Å²) in [6, 6.07) is 17.9. The molecule has 0 spiro atoms. The predicted molar refractivity (Wildman–Crippen MR) is 118 cm³/mol. The van der Waals surface area contributed by atoms with E-state index < -0.39 is 0 Å². The average Bonchev–Trinajstić information content (AvgIpc) is 3.39. The Morgan fingerprint density at radius 1 is 1.07 bits per heavy atom. The molecule has 0 saturated heterocycles. The highest BCUT2D eigenvalue weighted by Crippen LogP contribution is 2.24. The van der Waals surface area contributed by atoms with Crippen LogP contribution in [0.5, 0.6) is 0 Å². The minimum atomic E-state index is -0.159. The van der Waals surface area contributed by atoms with Gasteiger partial charge in [0.05, 0.1) is 29.7 Å². The first kappa shape index (κ1) is 19.6. The van der Waals surface area contributed by atoms with Crippen LogP contribution in [0.3, 0.4) is 0 Å². The van der Waals surface area contributed by atoms with Crippen molar-refractivity contribution in [3.63, 3.8) is 0 Å². The third kappa shape index (κ3) is 4.17. The highest BCUT2D eigenvalue weighted by atomic mass is 16.1. The maximum atomic E-state index is 13.1. The average molecular weight is 399 g/mol. The van der Waals surface area contributed by atoms with Gasteiger partial charge in [-0.15, -0.1) is 0 Å². The van der Waals surface area contributed by atoms with Gasteiger partial charge in [-0.1, -0.05) is 43.7 Å². The summed E-state index contributed by atoms with van der Waals surface area (Å²) < 4.78 is 3.70. The minimum absolute atomic E-state index is 0.140. The topological polar surface area (TPSA) is 64.7 Å². The Kier molecular flexibility index (Phi) is 5.48. The second kappa shape index (κ2) is 8.37. The van der Waals surface area contributed by atoms with Crippen LogP contribution >= 0.6 is 0 Å². The van der Waals surface area contributed by atoms with Crippen molar-refractivity contribution in [1.82, 2.24) is 19.6 Å². The standard InChI is InChI=1S/C24H25N5O/c1-17(2)23-22(15-26-29(23)21-10-8-18(3)9-11-21)24(30)27-20-7-4-6-19(14-20)16-28-13-5-12-25-28/h4-15,17H,16H2,1-3H3,(H,27,30). The summed E-state index contributed by atoms with van der Waals surface area (Å²) in [6.07, 6.45) is 5.32. The van der Waals surface area contributed by atoms with E-state index in [1.807, 2.05) is 70.2 Å². The van der Waals surface area contributed by atoms with Gasteiger partial charge in [-0.05, 0) is 48.7 Å². The number of rotatable bonds is 6. The molecule has 6 heteroatoms. The van der Waals surface area contributed by atoms with Crippen molar-refractivity contribution in [2.45, 2.75) is 33.2 Å². The fourth-order valence-corrected chi connectivity index (χ4v) is 3.51. The summed E-state index contributed by atoms with van der Waals surface area (Å²) in [4.78, 5) is 13.1. The van der Waals surface area contributed by atoms with Gasteiger partial charge in [0.1, 0.15) is 0 Å². The van der Waals surface area contributed by atoms with Gasteiger partial charge in [-0.2, -0.15) is 10.2 Å². The number of aryl methyl sites for hydroxylation is 1. The maximum Gasteiger partial charge on any atom is 0.259 e. The quantitative estimate of drug-likeness (QED) is 0.506. The number of benzene rings is 2. The Morgan fingerprint density at radius 3 is 2.57 bits per heavy atom. The number of anilines is 1. The molecule has 0 fully saturated rings. The van der Waals surface area contributed by atoms with Crippen molar-refractivity contribution in [2.24, 2.45) is 0 Å². The van der Waals surface area contributed by atoms with Gasteiger partial charge in [0, 0.05) is 18.1 Å². The van der Waals surface area contributed by atoms with Gasteiger partial charge in [0.2, 0.25) is 0 Å². The third-order valence-electron chi connectivity index (χ3n) is 4.97. The van der Waals surface area contributed by atoms with Crippen molar-refractivity contribution in [3.8, 4) is 5.69 Å². The van der Waals surface area contributed by atoms with Gasteiger partial charge >= 0.3 is 0 Å². The van der Waals surface area contributed by atoms with E-state index in [0.717, 1.165) is 22.6 Å². The Bertz CT molecular complexity index is 1140. The smallest absolute Gasteiger partial charge is 0.259 e. The molecule has 1 N–H and O–H groups in total. The van der Waals surface area contributed by atoms with E-state index in [2.05, 4.69) is 36.3 Å². The third-order valence-corrected chi connectivity index (χ3v) is 4.97. The van der Waals surface area contributed by atoms with Crippen LogP contribution in [0, 0.1) is 6.92 Å². The molecule has 4 rings (SSSR count). The minimum Gasteiger partial charge on any atom is -0.322 e. The summed E-state index contributed by atoms with van der Waals surface area (Å²) in [6.45, 7) is 6.85. The van der Waals surface area contributed by atoms with Crippen LogP contribution in [-0.4, -0.2) is 25.5 Å². The van der Waals surface area contributed by atoms with E-state index in [4.69, 9.17) is 0 Å². The first-order chi connectivity index (χ1) is 14.5. The summed E-state index contributed by atoms with van der Waals surface area (Å²) in [7, 11) is 0. The summed E-state index contributed by atoms with van der Waals surface area (Å²) in [5, 5.41) is 11.8. The highest BCUT2D eigenvalue weighted by Gasteiger charge is 2.21. The molecule has 0 aliphatic carbocycles.